The van der Waals surface area contributed by atoms with Gasteiger partial charge in [-0.25, -0.2) is 8.42 Å². The molecular weight excluding hydrogens is 274 g/mol. The topological polar surface area (TPSA) is 47.8 Å². The summed E-state index contributed by atoms with van der Waals surface area (Å²) in [6.07, 6.45) is 0. The Labute approximate surface area is 114 Å². The van der Waals surface area contributed by atoms with Crippen molar-refractivity contribution in [1.82, 2.24) is 0 Å². The quantitative estimate of drug-likeness (QED) is 0.623. The van der Waals surface area contributed by atoms with Gasteiger partial charge in [-0.1, -0.05) is 18.2 Å². The van der Waals surface area contributed by atoms with Crippen LogP contribution >= 0.6 is 0 Å². The number of ether oxygens (including phenoxy) is 1. The van der Waals surface area contributed by atoms with Gasteiger partial charge in [0.1, 0.15) is 18.8 Å². The Kier molecular flexibility index (Phi) is 6.08. The van der Waals surface area contributed by atoms with Crippen molar-refractivity contribution in [2.75, 3.05) is 38.6 Å². The lowest BCUT2D eigenvalue weighted by Gasteiger charge is -2.23. The molecule has 2 rings (SSSR count). The molecule has 4 nitrogen and oxygen atoms in total. The van der Waals surface area contributed by atoms with Gasteiger partial charge in [-0.05, 0) is 12.1 Å². The Morgan fingerprint density at radius 3 is 2.33 bits per heavy atom. The van der Waals surface area contributed by atoms with Gasteiger partial charge in [0.05, 0.1) is 24.7 Å². The van der Waals surface area contributed by atoms with E-state index in [1.54, 1.807) is 24.3 Å². The number of rotatable bonds is 4. The Morgan fingerprint density at radius 1 is 1.11 bits per heavy atom. The predicted octanol–water partition coefficient (Wildman–Crippen LogP) is -3.62. The molecule has 0 aliphatic carbocycles. The fourth-order valence-electron chi connectivity index (χ4n) is 1.93. The number of halogens is 1. The van der Waals surface area contributed by atoms with Crippen molar-refractivity contribution in [2.45, 2.75) is 4.90 Å². The molecule has 1 aromatic carbocycles. The minimum Gasteiger partial charge on any atom is -1.00 e. The van der Waals surface area contributed by atoms with Crippen LogP contribution in [0, 0.1) is 0 Å². The van der Waals surface area contributed by atoms with Crippen LogP contribution in [0.5, 0.6) is 0 Å². The largest absolute Gasteiger partial charge is 1.00 e. The van der Waals surface area contributed by atoms with Gasteiger partial charge in [-0.3, -0.25) is 0 Å². The van der Waals surface area contributed by atoms with E-state index in [2.05, 4.69) is 0 Å². The second-order valence-electron chi connectivity index (χ2n) is 4.24. The van der Waals surface area contributed by atoms with Gasteiger partial charge in [0.15, 0.2) is 9.84 Å². The molecule has 1 saturated heterocycles. The maximum atomic E-state index is 12.0. The van der Waals surface area contributed by atoms with E-state index in [1.807, 2.05) is 6.07 Å². The first-order chi connectivity index (χ1) is 8.18. The van der Waals surface area contributed by atoms with Gasteiger partial charge >= 0.3 is 0 Å². The molecular formula is C12H18ClNO3S. The van der Waals surface area contributed by atoms with E-state index in [4.69, 9.17) is 4.74 Å². The van der Waals surface area contributed by atoms with Crippen LogP contribution in [0.15, 0.2) is 35.2 Å². The number of hydrogen-bond acceptors (Lipinski definition) is 3. The van der Waals surface area contributed by atoms with Gasteiger partial charge in [0, 0.05) is 0 Å². The van der Waals surface area contributed by atoms with Gasteiger partial charge in [0.2, 0.25) is 0 Å². The summed E-state index contributed by atoms with van der Waals surface area (Å²) in [5.74, 6) is 0.215. The maximum Gasteiger partial charge on any atom is 0.183 e. The van der Waals surface area contributed by atoms with E-state index in [1.165, 1.54) is 4.90 Å². The van der Waals surface area contributed by atoms with Crippen LogP contribution in [0.1, 0.15) is 0 Å². The molecule has 1 aromatic rings. The Morgan fingerprint density at radius 2 is 1.72 bits per heavy atom. The van der Waals surface area contributed by atoms with Crippen LogP contribution in [0.3, 0.4) is 0 Å². The zero-order valence-corrected chi connectivity index (χ0v) is 11.7. The predicted molar refractivity (Wildman–Crippen MR) is 64.9 cm³/mol. The molecule has 102 valence electrons. The Hall–Kier alpha value is -0.620. The molecule has 0 radical (unpaired) electrons. The van der Waals surface area contributed by atoms with Gasteiger partial charge in [-0.2, -0.15) is 0 Å². The number of quaternary nitrogens is 1. The van der Waals surface area contributed by atoms with Crippen molar-refractivity contribution in [1.29, 1.82) is 0 Å². The third kappa shape index (κ3) is 4.24. The molecule has 0 aromatic heterocycles. The van der Waals surface area contributed by atoms with Crippen molar-refractivity contribution in [3.8, 4) is 0 Å². The lowest BCUT2D eigenvalue weighted by atomic mass is 10.4. The molecule has 18 heavy (non-hydrogen) atoms. The van der Waals surface area contributed by atoms with Crippen molar-refractivity contribution in [3.63, 3.8) is 0 Å². The number of benzene rings is 1. The molecule has 6 heteroatoms. The van der Waals surface area contributed by atoms with Gasteiger partial charge in [0.25, 0.3) is 0 Å². The highest BCUT2D eigenvalue weighted by Crippen LogP contribution is 2.08. The van der Waals surface area contributed by atoms with E-state index in [9.17, 15) is 8.42 Å². The molecule has 0 atom stereocenters. The van der Waals surface area contributed by atoms with Crippen molar-refractivity contribution in [2.24, 2.45) is 0 Å². The molecule has 1 fully saturated rings. The lowest BCUT2D eigenvalue weighted by molar-refractivity contribution is -0.905. The molecule has 0 spiro atoms. The fourth-order valence-corrected chi connectivity index (χ4v) is 3.30. The number of sulfone groups is 1. The molecule has 1 aliphatic rings. The first-order valence-corrected chi connectivity index (χ1v) is 7.53. The normalized spacial score (nSPS) is 17.1. The van der Waals surface area contributed by atoms with Crippen LogP contribution in [0.2, 0.25) is 0 Å². The highest BCUT2D eigenvalue weighted by atomic mass is 35.5. The smallest absolute Gasteiger partial charge is 0.183 e. The van der Waals surface area contributed by atoms with Crippen LogP contribution in [0.25, 0.3) is 0 Å². The molecule has 0 unspecified atom stereocenters. The average molecular weight is 292 g/mol. The summed E-state index contributed by atoms with van der Waals surface area (Å²) in [6, 6.07) is 8.66. The monoisotopic (exact) mass is 291 g/mol. The van der Waals surface area contributed by atoms with E-state index in [0.717, 1.165) is 26.3 Å². The van der Waals surface area contributed by atoms with Crippen molar-refractivity contribution in [3.05, 3.63) is 30.3 Å². The van der Waals surface area contributed by atoms with Gasteiger partial charge < -0.3 is 22.0 Å². The maximum absolute atomic E-state index is 12.0. The number of morpholine rings is 1. The summed E-state index contributed by atoms with van der Waals surface area (Å²) < 4.78 is 29.3. The highest BCUT2D eigenvalue weighted by molar-refractivity contribution is 7.91. The van der Waals surface area contributed by atoms with E-state index in [0.29, 0.717) is 11.4 Å². The second-order valence-corrected chi connectivity index (χ2v) is 6.35. The van der Waals surface area contributed by atoms with Crippen LogP contribution < -0.4 is 17.3 Å². The van der Waals surface area contributed by atoms with Gasteiger partial charge in [-0.15, -0.1) is 0 Å². The molecule has 0 bridgehead atoms. The first kappa shape index (κ1) is 15.4. The molecule has 0 amide bonds. The minimum atomic E-state index is -3.12. The standard InChI is InChI=1S/C12H17NO3S.ClH/c14-17(15,12-4-2-1-3-5-12)11-8-13-6-9-16-10-7-13;/h1-5H,6-11H2;1H. The van der Waals surface area contributed by atoms with Crippen molar-refractivity contribution < 1.29 is 30.5 Å². The zero-order chi connectivity index (χ0) is 12.1. The summed E-state index contributed by atoms with van der Waals surface area (Å²) in [5.41, 5.74) is 0. The highest BCUT2D eigenvalue weighted by Gasteiger charge is 2.19. The zero-order valence-electron chi connectivity index (χ0n) is 10.1. The molecule has 0 saturated carbocycles. The summed E-state index contributed by atoms with van der Waals surface area (Å²) in [6.45, 7) is 3.96. The van der Waals surface area contributed by atoms with Crippen LogP contribution in [-0.2, 0) is 14.6 Å². The molecule has 1 heterocycles. The molecule has 1 aliphatic heterocycles. The SMILES string of the molecule is O=S(=O)(CC[NH+]1CCOCC1)c1ccccc1.[Cl-]. The third-order valence-electron chi connectivity index (χ3n) is 3.03. The Balaban J connectivity index is 0.00000162. The van der Waals surface area contributed by atoms with E-state index in [-0.39, 0.29) is 18.2 Å². The van der Waals surface area contributed by atoms with E-state index >= 15 is 0 Å². The summed E-state index contributed by atoms with van der Waals surface area (Å²) in [7, 11) is -3.12. The summed E-state index contributed by atoms with van der Waals surface area (Å²) >= 11 is 0. The average Bonchev–Trinajstić information content (AvgIpc) is 2.39. The van der Waals surface area contributed by atoms with Crippen molar-refractivity contribution >= 4 is 9.84 Å². The fraction of sp³-hybridized carbons (Fsp3) is 0.500. The first-order valence-electron chi connectivity index (χ1n) is 5.87. The number of nitrogens with one attached hydrogen (secondary N) is 1. The minimum absolute atomic E-state index is 0. The van der Waals surface area contributed by atoms with Crippen LogP contribution in [-0.4, -0.2) is 47.0 Å². The molecule has 1 N–H and O–H groups in total. The van der Waals surface area contributed by atoms with E-state index < -0.39 is 9.84 Å². The summed E-state index contributed by atoms with van der Waals surface area (Å²) in [4.78, 5) is 1.74. The Bertz CT molecular complexity index is 444. The van der Waals surface area contributed by atoms with Crippen LogP contribution in [0.4, 0.5) is 0 Å². The third-order valence-corrected chi connectivity index (χ3v) is 4.76. The lowest BCUT2D eigenvalue weighted by Crippen LogP contribution is -3.14. The second kappa shape index (κ2) is 7.09. The summed E-state index contributed by atoms with van der Waals surface area (Å²) in [5, 5.41) is 0. The number of hydrogen-bond donors (Lipinski definition) is 1.